The Morgan fingerprint density at radius 3 is 2.56 bits per heavy atom. The number of aromatic nitrogens is 3. The average Bonchev–Trinajstić information content (AvgIpc) is 3.62. The van der Waals surface area contributed by atoms with Gasteiger partial charge in [-0.05, 0) is 92.1 Å². The molecule has 2 aliphatic rings. The van der Waals surface area contributed by atoms with E-state index in [9.17, 15) is 9.59 Å². The first-order valence-corrected chi connectivity index (χ1v) is 19.8. The number of hydrogen-bond acceptors (Lipinski definition) is 8. The third-order valence-electron chi connectivity index (χ3n) is 11.1. The second-order valence-electron chi connectivity index (χ2n) is 15.0. The van der Waals surface area contributed by atoms with Crippen molar-refractivity contribution in [2.24, 2.45) is 5.73 Å². The van der Waals surface area contributed by atoms with Crippen molar-refractivity contribution >= 4 is 28.5 Å². The van der Waals surface area contributed by atoms with Crippen molar-refractivity contribution in [1.29, 1.82) is 0 Å². The number of ether oxygens (including phenoxy) is 1. The molecule has 4 heterocycles. The highest BCUT2D eigenvalue weighted by molar-refractivity contribution is 5.99. The number of nitrogens with zero attached hydrogens (tertiary/aromatic N) is 5. The number of primary amides is 1. The Morgan fingerprint density at radius 1 is 1.02 bits per heavy atom. The van der Waals surface area contributed by atoms with Crippen LogP contribution in [0.3, 0.4) is 0 Å². The summed E-state index contributed by atoms with van der Waals surface area (Å²) in [6.07, 6.45) is 4.34. The Balaban J connectivity index is 1.28. The summed E-state index contributed by atoms with van der Waals surface area (Å²) in [5.41, 5.74) is 15.8. The van der Waals surface area contributed by atoms with Gasteiger partial charge in [-0.2, -0.15) is 5.10 Å². The van der Waals surface area contributed by atoms with E-state index in [4.69, 9.17) is 20.6 Å². The molecule has 0 saturated carbocycles. The smallest absolute Gasteiger partial charge is 0.254 e. The highest BCUT2D eigenvalue weighted by Crippen LogP contribution is 2.34. The van der Waals surface area contributed by atoms with Crippen LogP contribution in [0.1, 0.15) is 82.3 Å². The minimum atomic E-state index is -0.572. The molecule has 0 spiro atoms. The molecule has 4 N–H and O–H groups in total. The first-order valence-electron chi connectivity index (χ1n) is 19.8. The molecular formula is C44H54N8O3. The molecule has 288 valence electrons. The molecule has 2 saturated heterocycles. The fourth-order valence-corrected chi connectivity index (χ4v) is 8.08. The normalized spacial score (nSPS) is 16.7. The van der Waals surface area contributed by atoms with Crippen LogP contribution >= 0.6 is 0 Å². The number of amides is 2. The lowest BCUT2D eigenvalue weighted by Crippen LogP contribution is -2.48. The lowest BCUT2D eigenvalue weighted by molar-refractivity contribution is 0.0729. The van der Waals surface area contributed by atoms with Gasteiger partial charge < -0.3 is 26.0 Å². The molecule has 0 bridgehead atoms. The number of aryl methyl sites for hydroxylation is 2. The Labute approximate surface area is 324 Å². The number of pyridine rings is 1. The number of rotatable bonds is 13. The van der Waals surface area contributed by atoms with Crippen LogP contribution in [0.25, 0.3) is 22.2 Å². The molecular weight excluding hydrogens is 689 g/mol. The predicted octanol–water partition coefficient (Wildman–Crippen LogP) is 6.32. The average molecular weight is 743 g/mol. The molecule has 3 aromatic carbocycles. The van der Waals surface area contributed by atoms with E-state index in [0.29, 0.717) is 56.4 Å². The van der Waals surface area contributed by atoms with Gasteiger partial charge in [-0.15, -0.1) is 0 Å². The van der Waals surface area contributed by atoms with Gasteiger partial charge in [0.25, 0.3) is 5.91 Å². The largest absolute Gasteiger partial charge is 0.381 e. The van der Waals surface area contributed by atoms with Crippen molar-refractivity contribution in [2.75, 3.05) is 38.2 Å². The Hall–Kier alpha value is -5.10. The Bertz CT molecular complexity index is 2160. The minimum Gasteiger partial charge on any atom is -0.381 e. The summed E-state index contributed by atoms with van der Waals surface area (Å²) in [5, 5.41) is 13.0. The number of benzene rings is 3. The maximum absolute atomic E-state index is 14.8. The van der Waals surface area contributed by atoms with Gasteiger partial charge in [-0.1, -0.05) is 49.4 Å². The summed E-state index contributed by atoms with van der Waals surface area (Å²) in [7, 11) is 0. The van der Waals surface area contributed by atoms with Crippen LogP contribution in [0.15, 0.2) is 72.9 Å². The monoisotopic (exact) mass is 742 g/mol. The minimum absolute atomic E-state index is 0.191. The van der Waals surface area contributed by atoms with Crippen LogP contribution in [0, 0.1) is 6.92 Å². The number of anilines is 1. The fraction of sp³-hybridized carbons (Fsp3) is 0.409. The summed E-state index contributed by atoms with van der Waals surface area (Å²) in [5.74, 6) is -0.763. The highest BCUT2D eigenvalue weighted by atomic mass is 16.5. The van der Waals surface area contributed by atoms with E-state index in [1.54, 1.807) is 24.3 Å². The second kappa shape index (κ2) is 17.1. The van der Waals surface area contributed by atoms with Crippen molar-refractivity contribution in [1.82, 2.24) is 29.9 Å². The van der Waals surface area contributed by atoms with Crippen LogP contribution in [-0.4, -0.2) is 81.3 Å². The number of piperazine rings is 1. The topological polar surface area (TPSA) is 131 Å². The van der Waals surface area contributed by atoms with Gasteiger partial charge in [0.2, 0.25) is 5.91 Å². The number of carbonyl (C=O) groups is 2. The third-order valence-corrected chi connectivity index (χ3v) is 11.1. The summed E-state index contributed by atoms with van der Waals surface area (Å²) in [6, 6.07) is 22.6. The number of nitrogens with two attached hydrogens (primary N) is 1. The summed E-state index contributed by atoms with van der Waals surface area (Å²) < 4.78 is 7.63. The quantitative estimate of drug-likeness (QED) is 0.128. The number of hydrogen-bond donors (Lipinski definition) is 3. The van der Waals surface area contributed by atoms with Gasteiger partial charge in [-0.3, -0.25) is 14.5 Å². The molecule has 2 amide bonds. The number of carbonyl (C=O) groups excluding carboxylic acids is 2. The van der Waals surface area contributed by atoms with E-state index in [-0.39, 0.29) is 11.9 Å². The van der Waals surface area contributed by atoms with E-state index in [2.05, 4.69) is 85.7 Å². The van der Waals surface area contributed by atoms with Gasteiger partial charge in [-0.25, -0.2) is 9.67 Å². The molecule has 1 atom stereocenters. The third kappa shape index (κ3) is 8.59. The van der Waals surface area contributed by atoms with Crippen LogP contribution < -0.4 is 16.4 Å². The number of nitrogens with one attached hydrogen (secondary N) is 2. The lowest BCUT2D eigenvalue weighted by Gasteiger charge is -2.32. The molecule has 2 aliphatic heterocycles. The number of fused-ring (bicyclic) bond motifs is 1. The first kappa shape index (κ1) is 38.2. The Kier molecular flexibility index (Phi) is 11.9. The van der Waals surface area contributed by atoms with Gasteiger partial charge >= 0.3 is 0 Å². The molecule has 0 radical (unpaired) electrons. The van der Waals surface area contributed by atoms with Crippen molar-refractivity contribution in [3.8, 4) is 11.1 Å². The van der Waals surface area contributed by atoms with E-state index in [1.807, 2.05) is 15.8 Å². The van der Waals surface area contributed by atoms with Crippen LogP contribution in [-0.2, 0) is 37.3 Å². The van der Waals surface area contributed by atoms with Crippen molar-refractivity contribution < 1.29 is 14.3 Å². The van der Waals surface area contributed by atoms with Crippen LogP contribution in [0.4, 0.5) is 5.69 Å². The molecule has 2 fully saturated rings. The molecule has 0 aliphatic carbocycles. The SMILES string of the molecule is CCc1nc2c(cnn2CC)c(NC2CCOCC2)c1CN(Cc1cccc(-c2cccc(CN3CCN[C@@H](C)C3)c2)c1C)C(=O)c1cccc(C(N)=O)c1. The van der Waals surface area contributed by atoms with E-state index in [0.717, 1.165) is 89.3 Å². The van der Waals surface area contributed by atoms with E-state index >= 15 is 0 Å². The molecule has 7 rings (SSSR count). The first-order chi connectivity index (χ1) is 26.7. The van der Waals surface area contributed by atoms with Crippen molar-refractivity contribution in [3.05, 3.63) is 112 Å². The predicted molar refractivity (Wildman–Crippen MR) is 218 cm³/mol. The maximum atomic E-state index is 14.8. The lowest BCUT2D eigenvalue weighted by atomic mass is 9.94. The summed E-state index contributed by atoms with van der Waals surface area (Å²) in [4.78, 5) is 36.5. The molecule has 11 heteroatoms. The summed E-state index contributed by atoms with van der Waals surface area (Å²) in [6.45, 7) is 15.3. The van der Waals surface area contributed by atoms with Crippen molar-refractivity contribution in [3.63, 3.8) is 0 Å². The molecule has 2 aromatic heterocycles. The van der Waals surface area contributed by atoms with E-state index in [1.165, 1.54) is 5.56 Å². The zero-order chi connectivity index (χ0) is 38.5. The zero-order valence-electron chi connectivity index (χ0n) is 32.6. The maximum Gasteiger partial charge on any atom is 0.254 e. The molecule has 11 nitrogen and oxygen atoms in total. The van der Waals surface area contributed by atoms with Gasteiger partial charge in [0, 0.05) is 87.0 Å². The summed E-state index contributed by atoms with van der Waals surface area (Å²) >= 11 is 0. The second-order valence-corrected chi connectivity index (χ2v) is 15.0. The van der Waals surface area contributed by atoms with Gasteiger partial charge in [0.05, 0.1) is 23.8 Å². The van der Waals surface area contributed by atoms with Gasteiger partial charge in [0.15, 0.2) is 5.65 Å². The molecule has 0 unspecified atom stereocenters. The van der Waals surface area contributed by atoms with Gasteiger partial charge in [0.1, 0.15) is 0 Å². The fourth-order valence-electron chi connectivity index (χ4n) is 8.08. The van der Waals surface area contributed by atoms with Crippen LogP contribution in [0.5, 0.6) is 0 Å². The highest BCUT2D eigenvalue weighted by Gasteiger charge is 2.26. The zero-order valence-corrected chi connectivity index (χ0v) is 32.6. The molecule has 55 heavy (non-hydrogen) atoms. The van der Waals surface area contributed by atoms with Crippen molar-refractivity contribution in [2.45, 2.75) is 85.2 Å². The molecule has 5 aromatic rings. The Morgan fingerprint density at radius 2 is 1.80 bits per heavy atom. The van der Waals surface area contributed by atoms with Crippen LogP contribution in [0.2, 0.25) is 0 Å². The standard InChI is InChI=1S/C44H54N8O3/c1-5-40-39(41(48-36-16-20-55-21-17-36)38-24-47-52(6-2)43(38)49-40)28-51(44(54)34-13-8-12-33(23-34)42(45)53)27-35-14-9-15-37(30(35)4)32-11-7-10-31(22-32)26-50-19-18-46-29(3)25-50/h7-15,22-24,29,36,46H,5-6,16-21,25-28H2,1-4H3,(H2,45,53)(H,48,49)/t29-/m0/s1. The van der Waals surface area contributed by atoms with E-state index < -0.39 is 5.91 Å².